The monoisotopic (exact) mass is 255 g/mol. The molecule has 3 heteroatoms. The first-order valence-corrected chi connectivity index (χ1v) is 6.72. The molecule has 0 radical (unpaired) electrons. The molecule has 0 aliphatic rings. The number of hydrogen-bond donors (Lipinski definition) is 1. The van der Waals surface area contributed by atoms with Gasteiger partial charge in [-0.2, -0.15) is 0 Å². The Morgan fingerprint density at radius 3 is 2.76 bits per heavy atom. The summed E-state index contributed by atoms with van der Waals surface area (Å²) in [5.74, 6) is 0.884. The molecular formula is C14H22ClNO. The Morgan fingerprint density at radius 1 is 1.35 bits per heavy atom. The largest absolute Gasteiger partial charge is 0.493 e. The molecule has 0 spiro atoms. The summed E-state index contributed by atoms with van der Waals surface area (Å²) in [7, 11) is 0. The van der Waals surface area contributed by atoms with Gasteiger partial charge in [0.15, 0.2) is 0 Å². The van der Waals surface area contributed by atoms with E-state index in [1.165, 1.54) is 0 Å². The summed E-state index contributed by atoms with van der Waals surface area (Å²) in [6, 6.07) is 5.93. The Balaban J connectivity index is 2.76. The Kier molecular flexibility index (Phi) is 6.38. The minimum Gasteiger partial charge on any atom is -0.493 e. The summed E-state index contributed by atoms with van der Waals surface area (Å²) in [6.07, 6.45) is 3.91. The van der Waals surface area contributed by atoms with Gasteiger partial charge >= 0.3 is 0 Å². The molecule has 0 heterocycles. The highest BCUT2D eigenvalue weighted by atomic mass is 35.5. The molecule has 0 amide bonds. The number of rotatable bonds is 7. The first kappa shape index (κ1) is 14.3. The zero-order chi connectivity index (χ0) is 12.7. The zero-order valence-corrected chi connectivity index (χ0v) is 11.5. The van der Waals surface area contributed by atoms with E-state index in [2.05, 4.69) is 13.8 Å². The van der Waals surface area contributed by atoms with E-state index >= 15 is 0 Å². The van der Waals surface area contributed by atoms with Crippen LogP contribution in [-0.2, 0) is 6.42 Å². The molecule has 0 saturated heterocycles. The van der Waals surface area contributed by atoms with E-state index in [-0.39, 0.29) is 6.04 Å². The summed E-state index contributed by atoms with van der Waals surface area (Å²) in [4.78, 5) is 0. The zero-order valence-electron chi connectivity index (χ0n) is 10.7. The lowest BCUT2D eigenvalue weighted by atomic mass is 10.0. The van der Waals surface area contributed by atoms with E-state index in [1.54, 1.807) is 0 Å². The average Bonchev–Trinajstić information content (AvgIpc) is 2.33. The van der Waals surface area contributed by atoms with Crippen molar-refractivity contribution in [3.63, 3.8) is 0 Å². The van der Waals surface area contributed by atoms with Gasteiger partial charge in [-0.25, -0.2) is 0 Å². The highest BCUT2D eigenvalue weighted by molar-refractivity contribution is 6.31. The smallest absolute Gasteiger partial charge is 0.124 e. The molecular weight excluding hydrogens is 234 g/mol. The molecule has 0 fully saturated rings. The van der Waals surface area contributed by atoms with Crippen LogP contribution in [0.2, 0.25) is 5.02 Å². The van der Waals surface area contributed by atoms with E-state index in [0.29, 0.717) is 0 Å². The lowest BCUT2D eigenvalue weighted by Gasteiger charge is -2.15. The van der Waals surface area contributed by atoms with E-state index in [1.807, 2.05) is 18.2 Å². The summed E-state index contributed by atoms with van der Waals surface area (Å²) in [5.41, 5.74) is 7.02. The summed E-state index contributed by atoms with van der Waals surface area (Å²) in [6.45, 7) is 4.97. The normalized spacial score (nSPS) is 12.5. The van der Waals surface area contributed by atoms with Crippen molar-refractivity contribution >= 4 is 11.6 Å². The molecule has 2 N–H and O–H groups in total. The van der Waals surface area contributed by atoms with Crippen molar-refractivity contribution in [1.82, 2.24) is 0 Å². The topological polar surface area (TPSA) is 35.2 Å². The van der Waals surface area contributed by atoms with Gasteiger partial charge < -0.3 is 10.5 Å². The van der Waals surface area contributed by atoms with Crippen molar-refractivity contribution in [3.05, 3.63) is 28.8 Å². The van der Waals surface area contributed by atoms with Gasteiger partial charge in [0.2, 0.25) is 0 Å². The van der Waals surface area contributed by atoms with Crippen LogP contribution < -0.4 is 10.5 Å². The first-order chi connectivity index (χ1) is 8.19. The molecule has 17 heavy (non-hydrogen) atoms. The number of ether oxygens (including phenoxy) is 1. The standard InChI is InChI=1S/C14H22ClNO/c1-3-5-9-17-14-8-6-7-13(15)12(14)10-11(16)4-2/h6-8,11H,3-5,9-10,16H2,1-2H3. The van der Waals surface area contributed by atoms with Crippen molar-refractivity contribution < 1.29 is 4.74 Å². The maximum atomic E-state index is 6.21. The molecule has 0 aromatic heterocycles. The Morgan fingerprint density at radius 2 is 2.12 bits per heavy atom. The number of hydrogen-bond acceptors (Lipinski definition) is 2. The summed E-state index contributed by atoms with van der Waals surface area (Å²) < 4.78 is 5.76. The first-order valence-electron chi connectivity index (χ1n) is 6.34. The second-order valence-corrected chi connectivity index (χ2v) is 4.70. The summed E-state index contributed by atoms with van der Waals surface area (Å²) >= 11 is 6.21. The van der Waals surface area contributed by atoms with Crippen LogP contribution in [0.3, 0.4) is 0 Å². The molecule has 1 unspecified atom stereocenters. The molecule has 0 aliphatic heterocycles. The third-order valence-corrected chi connectivity index (χ3v) is 3.18. The van der Waals surface area contributed by atoms with Crippen molar-refractivity contribution in [2.45, 2.75) is 45.6 Å². The van der Waals surface area contributed by atoms with Crippen LogP contribution in [0.5, 0.6) is 5.75 Å². The summed E-state index contributed by atoms with van der Waals surface area (Å²) in [5, 5.41) is 0.753. The van der Waals surface area contributed by atoms with Crippen molar-refractivity contribution in [1.29, 1.82) is 0 Å². The minimum absolute atomic E-state index is 0.142. The fraction of sp³-hybridized carbons (Fsp3) is 0.571. The quantitative estimate of drug-likeness (QED) is 0.753. The fourth-order valence-corrected chi connectivity index (χ4v) is 1.85. The number of nitrogens with two attached hydrogens (primary N) is 1. The molecule has 1 atom stereocenters. The van der Waals surface area contributed by atoms with Crippen LogP contribution in [0.4, 0.5) is 0 Å². The van der Waals surface area contributed by atoms with Crippen molar-refractivity contribution in [2.75, 3.05) is 6.61 Å². The van der Waals surface area contributed by atoms with Crippen LogP contribution in [-0.4, -0.2) is 12.6 Å². The molecule has 2 nitrogen and oxygen atoms in total. The molecule has 1 aromatic carbocycles. The van der Waals surface area contributed by atoms with E-state index in [0.717, 1.165) is 48.6 Å². The predicted molar refractivity (Wildman–Crippen MR) is 73.8 cm³/mol. The average molecular weight is 256 g/mol. The third kappa shape index (κ3) is 4.57. The van der Waals surface area contributed by atoms with Gasteiger partial charge in [-0.3, -0.25) is 0 Å². The van der Waals surface area contributed by atoms with Crippen LogP contribution in [0.15, 0.2) is 18.2 Å². The SMILES string of the molecule is CCCCOc1cccc(Cl)c1CC(N)CC. The molecule has 96 valence electrons. The van der Waals surface area contributed by atoms with Gasteiger partial charge in [-0.1, -0.05) is 37.9 Å². The Bertz CT molecular complexity index is 341. The van der Waals surface area contributed by atoms with Gasteiger partial charge in [-0.05, 0) is 31.4 Å². The van der Waals surface area contributed by atoms with Crippen LogP contribution >= 0.6 is 11.6 Å². The van der Waals surface area contributed by atoms with Crippen molar-refractivity contribution in [3.8, 4) is 5.75 Å². The highest BCUT2D eigenvalue weighted by Gasteiger charge is 2.11. The maximum Gasteiger partial charge on any atom is 0.124 e. The molecule has 1 aromatic rings. The number of halogens is 1. The van der Waals surface area contributed by atoms with E-state index in [9.17, 15) is 0 Å². The molecule has 0 bridgehead atoms. The van der Waals surface area contributed by atoms with Crippen LogP contribution in [0.1, 0.15) is 38.7 Å². The maximum absolute atomic E-state index is 6.21. The van der Waals surface area contributed by atoms with E-state index < -0.39 is 0 Å². The Labute approximate surface area is 109 Å². The molecule has 1 rings (SSSR count). The van der Waals surface area contributed by atoms with Gasteiger partial charge in [-0.15, -0.1) is 0 Å². The van der Waals surface area contributed by atoms with Gasteiger partial charge in [0.05, 0.1) is 6.61 Å². The minimum atomic E-state index is 0.142. The predicted octanol–water partition coefficient (Wildman–Crippen LogP) is 3.80. The molecule has 0 aliphatic carbocycles. The second kappa shape index (κ2) is 7.57. The van der Waals surface area contributed by atoms with Crippen LogP contribution in [0.25, 0.3) is 0 Å². The van der Waals surface area contributed by atoms with Gasteiger partial charge in [0.1, 0.15) is 5.75 Å². The number of benzene rings is 1. The van der Waals surface area contributed by atoms with E-state index in [4.69, 9.17) is 22.1 Å². The van der Waals surface area contributed by atoms with Crippen LogP contribution in [0, 0.1) is 0 Å². The molecule has 0 saturated carbocycles. The number of unbranched alkanes of at least 4 members (excludes halogenated alkanes) is 1. The lowest BCUT2D eigenvalue weighted by Crippen LogP contribution is -2.22. The van der Waals surface area contributed by atoms with Crippen molar-refractivity contribution in [2.24, 2.45) is 5.73 Å². The van der Waals surface area contributed by atoms with Gasteiger partial charge in [0.25, 0.3) is 0 Å². The highest BCUT2D eigenvalue weighted by Crippen LogP contribution is 2.28. The fourth-order valence-electron chi connectivity index (χ4n) is 1.61. The second-order valence-electron chi connectivity index (χ2n) is 4.29. The third-order valence-electron chi connectivity index (χ3n) is 2.82. The lowest BCUT2D eigenvalue weighted by molar-refractivity contribution is 0.305. The van der Waals surface area contributed by atoms with Gasteiger partial charge in [0, 0.05) is 16.6 Å². The Hall–Kier alpha value is -0.730.